The average Bonchev–Trinajstić information content (AvgIpc) is 3.37. The monoisotopic (exact) mass is 550 g/mol. The zero-order chi connectivity index (χ0) is 27.7. The number of aromatic nitrogens is 4. The summed E-state index contributed by atoms with van der Waals surface area (Å²) in [7, 11) is -4.22. The fourth-order valence-corrected chi connectivity index (χ4v) is 5.43. The number of aliphatic hydroxyl groups is 2. The van der Waals surface area contributed by atoms with E-state index in [2.05, 4.69) is 20.0 Å². The van der Waals surface area contributed by atoms with E-state index in [-0.39, 0.29) is 23.3 Å². The highest BCUT2D eigenvalue weighted by molar-refractivity contribution is 7.52. The number of aliphatic hydroxyl groups excluding tert-OH is 1. The van der Waals surface area contributed by atoms with E-state index < -0.39 is 50.4 Å². The first kappa shape index (κ1) is 27.9. The highest BCUT2D eigenvalue weighted by atomic mass is 31.2. The van der Waals surface area contributed by atoms with Crippen LogP contribution in [0.5, 0.6) is 5.75 Å². The molecule has 38 heavy (non-hydrogen) atoms. The molecular formula is C23H31N6O8P. The van der Waals surface area contributed by atoms with Gasteiger partial charge in [0.15, 0.2) is 17.7 Å². The third-order valence-corrected chi connectivity index (χ3v) is 7.47. The van der Waals surface area contributed by atoms with E-state index in [1.807, 2.05) is 0 Å². The molecule has 15 heteroatoms. The lowest BCUT2D eigenvalue weighted by molar-refractivity contribution is -0.149. The number of nitrogens with zero attached hydrogens (tertiary/aromatic N) is 4. The summed E-state index contributed by atoms with van der Waals surface area (Å²) in [6, 6.07) is 7.17. The highest BCUT2D eigenvalue weighted by Crippen LogP contribution is 2.47. The molecule has 14 nitrogen and oxygen atoms in total. The Bertz CT molecular complexity index is 1320. The lowest BCUT2D eigenvalue weighted by atomic mass is 9.96. The van der Waals surface area contributed by atoms with Gasteiger partial charge in [0.2, 0.25) is 0 Å². The van der Waals surface area contributed by atoms with E-state index in [1.54, 1.807) is 44.2 Å². The number of nitrogens with two attached hydrogens (primary N) is 1. The molecule has 5 N–H and O–H groups in total. The molecule has 1 aliphatic rings. The van der Waals surface area contributed by atoms with Gasteiger partial charge < -0.3 is 29.9 Å². The highest BCUT2D eigenvalue weighted by Gasteiger charge is 2.54. The Morgan fingerprint density at radius 2 is 1.97 bits per heavy atom. The summed E-state index contributed by atoms with van der Waals surface area (Å²) in [5, 5.41) is 24.6. The number of carbonyl (C=O) groups excluding carboxylic acids is 1. The molecule has 0 aliphatic carbocycles. The van der Waals surface area contributed by atoms with E-state index in [0.29, 0.717) is 5.52 Å². The van der Waals surface area contributed by atoms with E-state index in [4.69, 9.17) is 24.3 Å². The third kappa shape index (κ3) is 5.80. The van der Waals surface area contributed by atoms with Gasteiger partial charge in [-0.3, -0.25) is 13.9 Å². The number of nitrogens with one attached hydrogen (secondary N) is 1. The predicted octanol–water partition coefficient (Wildman–Crippen LogP) is 1.55. The summed E-state index contributed by atoms with van der Waals surface area (Å²) >= 11 is 0. The van der Waals surface area contributed by atoms with Crippen LogP contribution in [0.15, 0.2) is 43.0 Å². The van der Waals surface area contributed by atoms with Gasteiger partial charge in [-0.1, -0.05) is 18.2 Å². The number of para-hydroxylation sites is 1. The van der Waals surface area contributed by atoms with Gasteiger partial charge in [0, 0.05) is 0 Å². The number of carbonyl (C=O) groups is 1. The van der Waals surface area contributed by atoms with Crippen molar-refractivity contribution >= 4 is 30.7 Å². The fourth-order valence-electron chi connectivity index (χ4n) is 3.93. The molecule has 4 rings (SSSR count). The van der Waals surface area contributed by atoms with Gasteiger partial charge in [-0.05, 0) is 39.8 Å². The maximum atomic E-state index is 13.7. The fraction of sp³-hybridized carbons (Fsp3) is 0.478. The minimum atomic E-state index is -4.22. The number of hydrogen-bond donors (Lipinski definition) is 4. The number of rotatable bonds is 10. The molecule has 1 saturated heterocycles. The van der Waals surface area contributed by atoms with Crippen molar-refractivity contribution in [2.45, 2.75) is 63.9 Å². The summed E-state index contributed by atoms with van der Waals surface area (Å²) in [5.74, 6) is -0.302. The van der Waals surface area contributed by atoms with Gasteiger partial charge in [0.1, 0.15) is 41.4 Å². The summed E-state index contributed by atoms with van der Waals surface area (Å²) in [6.07, 6.45) is -1.56. The molecule has 3 heterocycles. The first-order chi connectivity index (χ1) is 17.9. The second kappa shape index (κ2) is 10.9. The Morgan fingerprint density at radius 3 is 2.66 bits per heavy atom. The van der Waals surface area contributed by atoms with Gasteiger partial charge >= 0.3 is 13.7 Å². The second-order valence-corrected chi connectivity index (χ2v) is 11.0. The summed E-state index contributed by atoms with van der Waals surface area (Å²) in [6.45, 7) is 5.73. The lowest BCUT2D eigenvalue weighted by Crippen LogP contribution is -2.44. The van der Waals surface area contributed by atoms with Crippen LogP contribution in [0, 0.1) is 0 Å². The molecule has 0 bridgehead atoms. The van der Waals surface area contributed by atoms with Gasteiger partial charge in [-0.2, -0.15) is 5.09 Å². The van der Waals surface area contributed by atoms with Crippen molar-refractivity contribution < 1.29 is 38.1 Å². The van der Waals surface area contributed by atoms with E-state index in [0.717, 1.165) is 0 Å². The van der Waals surface area contributed by atoms with E-state index >= 15 is 0 Å². The average molecular weight is 551 g/mol. The van der Waals surface area contributed by atoms with Crippen molar-refractivity contribution in [2.24, 2.45) is 0 Å². The molecule has 0 amide bonds. The normalized spacial score (nSPS) is 25.8. The summed E-state index contributed by atoms with van der Waals surface area (Å²) in [5.41, 5.74) is 4.61. The van der Waals surface area contributed by atoms with Gasteiger partial charge in [0.25, 0.3) is 0 Å². The number of anilines is 1. The molecule has 1 aromatic carbocycles. The van der Waals surface area contributed by atoms with Crippen molar-refractivity contribution in [3.8, 4) is 5.75 Å². The quantitative estimate of drug-likeness (QED) is 0.210. The van der Waals surface area contributed by atoms with Gasteiger partial charge in [-0.25, -0.2) is 19.5 Å². The lowest BCUT2D eigenvalue weighted by Gasteiger charge is -2.27. The molecule has 1 aliphatic heterocycles. The van der Waals surface area contributed by atoms with Crippen LogP contribution in [0.25, 0.3) is 11.2 Å². The SMILES string of the molecule is CC(C)OC(=O)[C@H](C)N[P@](=O)(OC[C@H]1O[C@@H](n2cnc3c(N)ncnc32)[C@](C)(O)[C@@H]1O)Oc1ccccc1. The molecule has 0 saturated carbocycles. The van der Waals surface area contributed by atoms with Crippen molar-refractivity contribution in [1.29, 1.82) is 0 Å². The van der Waals surface area contributed by atoms with Crippen molar-refractivity contribution in [2.75, 3.05) is 12.3 Å². The Hall–Kier alpha value is -3.13. The Balaban J connectivity index is 1.54. The molecule has 3 aromatic rings. The minimum Gasteiger partial charge on any atom is -0.462 e. The zero-order valence-electron chi connectivity index (χ0n) is 21.3. The van der Waals surface area contributed by atoms with Crippen molar-refractivity contribution in [3.63, 3.8) is 0 Å². The molecular weight excluding hydrogens is 519 g/mol. The largest absolute Gasteiger partial charge is 0.462 e. The van der Waals surface area contributed by atoms with E-state index in [1.165, 1.54) is 31.1 Å². The molecule has 6 atom stereocenters. The molecule has 0 spiro atoms. The molecule has 0 unspecified atom stereocenters. The van der Waals surface area contributed by atoms with Crippen LogP contribution in [0.4, 0.5) is 5.82 Å². The Kier molecular flexibility index (Phi) is 8.02. The smallest absolute Gasteiger partial charge is 0.459 e. The van der Waals surface area contributed by atoms with E-state index in [9.17, 15) is 19.6 Å². The van der Waals surface area contributed by atoms with Crippen molar-refractivity contribution in [3.05, 3.63) is 43.0 Å². The number of hydrogen-bond acceptors (Lipinski definition) is 12. The Labute approximate surface area is 218 Å². The minimum absolute atomic E-state index is 0.141. The van der Waals surface area contributed by atoms with Crippen LogP contribution >= 0.6 is 7.75 Å². The first-order valence-electron chi connectivity index (χ1n) is 11.9. The van der Waals surface area contributed by atoms with Crippen LogP contribution in [0.1, 0.15) is 33.9 Å². The number of ether oxygens (including phenoxy) is 2. The molecule has 2 aromatic heterocycles. The Morgan fingerprint density at radius 1 is 1.26 bits per heavy atom. The maximum absolute atomic E-state index is 13.7. The van der Waals surface area contributed by atoms with Crippen LogP contribution in [0.3, 0.4) is 0 Å². The molecule has 0 radical (unpaired) electrons. The standard InChI is InChI=1S/C23H31N6O8P/c1-13(2)35-21(31)14(3)28-38(33,37-15-8-6-5-7-9-15)34-10-16-18(30)23(4,32)22(36-16)29-12-27-17-19(24)25-11-26-20(17)29/h5-9,11-14,16,18,22,30,32H,10H2,1-4H3,(H,28,33)(H2,24,25,26)/t14-,16+,18+,22+,23+,38-/m0/s1. The van der Waals surface area contributed by atoms with Crippen LogP contribution in [-0.4, -0.2) is 72.3 Å². The second-order valence-electron chi connectivity index (χ2n) is 9.31. The summed E-state index contributed by atoms with van der Waals surface area (Å²) < 4.78 is 37.5. The number of nitrogen functional groups attached to an aromatic ring is 1. The zero-order valence-corrected chi connectivity index (χ0v) is 22.2. The maximum Gasteiger partial charge on any atom is 0.459 e. The predicted molar refractivity (Wildman–Crippen MR) is 135 cm³/mol. The van der Waals surface area contributed by atoms with Gasteiger partial charge in [-0.15, -0.1) is 0 Å². The first-order valence-corrected chi connectivity index (χ1v) is 13.4. The number of esters is 1. The third-order valence-electron chi connectivity index (χ3n) is 5.83. The van der Waals surface area contributed by atoms with Crippen molar-refractivity contribution in [1.82, 2.24) is 24.6 Å². The molecule has 206 valence electrons. The van der Waals surface area contributed by atoms with Gasteiger partial charge in [0.05, 0.1) is 19.0 Å². The topological polar surface area (TPSA) is 193 Å². The number of benzene rings is 1. The van der Waals surface area contributed by atoms with Crippen LogP contribution < -0.4 is 15.3 Å². The molecule has 1 fully saturated rings. The van der Waals surface area contributed by atoms with Crippen LogP contribution in [-0.2, 0) is 23.4 Å². The number of imidazole rings is 1. The summed E-state index contributed by atoms with van der Waals surface area (Å²) in [4.78, 5) is 24.6. The van der Waals surface area contributed by atoms with Crippen LogP contribution in [0.2, 0.25) is 0 Å². The number of fused-ring (bicyclic) bond motifs is 1.